The number of amides is 1. The fourth-order valence-electron chi connectivity index (χ4n) is 2.28. The van der Waals surface area contributed by atoms with E-state index in [9.17, 15) is 9.18 Å². The molecule has 1 N–H and O–H groups in total. The molecule has 1 aromatic rings. The van der Waals surface area contributed by atoms with Gasteiger partial charge in [0.2, 0.25) is 0 Å². The Kier molecular flexibility index (Phi) is 4.18. The van der Waals surface area contributed by atoms with Gasteiger partial charge in [0, 0.05) is 5.69 Å². The van der Waals surface area contributed by atoms with Gasteiger partial charge in [-0.1, -0.05) is 13.3 Å². The standard InChI is InChI=1S/C14H18FNO2/c1-10-4-2-3-5-13(10)18-14(17)16-12-8-6-11(15)7-9-12/h6-10,13H,2-5H2,1H3,(H,16,17)/t10-,13+/m1/s1. The third-order valence-electron chi connectivity index (χ3n) is 3.38. The lowest BCUT2D eigenvalue weighted by Crippen LogP contribution is -2.30. The highest BCUT2D eigenvalue weighted by Gasteiger charge is 2.24. The van der Waals surface area contributed by atoms with Crippen LogP contribution in [0.3, 0.4) is 0 Å². The number of halogens is 1. The maximum absolute atomic E-state index is 12.7. The average molecular weight is 251 g/mol. The molecule has 0 spiro atoms. The third kappa shape index (κ3) is 3.45. The summed E-state index contributed by atoms with van der Waals surface area (Å²) in [7, 11) is 0. The van der Waals surface area contributed by atoms with E-state index < -0.39 is 6.09 Å². The topological polar surface area (TPSA) is 38.3 Å². The predicted molar refractivity (Wildman–Crippen MR) is 67.9 cm³/mol. The summed E-state index contributed by atoms with van der Waals surface area (Å²) in [4.78, 5) is 11.7. The van der Waals surface area contributed by atoms with Gasteiger partial charge in [-0.05, 0) is 49.4 Å². The van der Waals surface area contributed by atoms with Crippen LogP contribution in [0.25, 0.3) is 0 Å². The molecule has 0 radical (unpaired) electrons. The molecule has 1 aromatic carbocycles. The van der Waals surface area contributed by atoms with E-state index in [1.165, 1.54) is 30.7 Å². The van der Waals surface area contributed by atoms with Crippen LogP contribution in [0.15, 0.2) is 24.3 Å². The van der Waals surface area contributed by atoms with Crippen molar-refractivity contribution in [1.29, 1.82) is 0 Å². The van der Waals surface area contributed by atoms with Crippen molar-refractivity contribution in [3.8, 4) is 0 Å². The summed E-state index contributed by atoms with van der Waals surface area (Å²) in [6.07, 6.45) is 3.89. The summed E-state index contributed by atoms with van der Waals surface area (Å²) in [5, 5.41) is 2.61. The molecule has 0 heterocycles. The quantitative estimate of drug-likeness (QED) is 0.864. The monoisotopic (exact) mass is 251 g/mol. The number of nitrogens with one attached hydrogen (secondary N) is 1. The summed E-state index contributed by atoms with van der Waals surface area (Å²) in [6.45, 7) is 2.11. The first-order valence-corrected chi connectivity index (χ1v) is 6.38. The van der Waals surface area contributed by atoms with Gasteiger partial charge >= 0.3 is 6.09 Å². The van der Waals surface area contributed by atoms with E-state index in [4.69, 9.17) is 4.74 Å². The Labute approximate surface area is 106 Å². The van der Waals surface area contributed by atoms with Crippen LogP contribution in [0.4, 0.5) is 14.9 Å². The lowest BCUT2D eigenvalue weighted by atomic mass is 9.88. The molecule has 18 heavy (non-hydrogen) atoms. The molecule has 1 aliphatic carbocycles. The first kappa shape index (κ1) is 12.9. The zero-order valence-corrected chi connectivity index (χ0v) is 10.5. The normalized spacial score (nSPS) is 23.4. The van der Waals surface area contributed by atoms with Crippen LogP contribution in [-0.2, 0) is 4.74 Å². The van der Waals surface area contributed by atoms with Crippen molar-refractivity contribution < 1.29 is 13.9 Å². The largest absolute Gasteiger partial charge is 0.446 e. The second-order valence-electron chi connectivity index (χ2n) is 4.84. The average Bonchev–Trinajstić information content (AvgIpc) is 2.35. The number of rotatable bonds is 2. The van der Waals surface area contributed by atoms with Gasteiger partial charge in [-0.25, -0.2) is 9.18 Å². The van der Waals surface area contributed by atoms with Gasteiger partial charge in [0.05, 0.1) is 0 Å². The number of hydrogen-bond acceptors (Lipinski definition) is 2. The Balaban J connectivity index is 1.86. The van der Waals surface area contributed by atoms with Gasteiger partial charge in [-0.15, -0.1) is 0 Å². The molecule has 0 bridgehead atoms. The fourth-order valence-corrected chi connectivity index (χ4v) is 2.28. The van der Waals surface area contributed by atoms with Gasteiger partial charge in [0.15, 0.2) is 0 Å². The molecule has 1 amide bonds. The van der Waals surface area contributed by atoms with Gasteiger partial charge in [0.1, 0.15) is 11.9 Å². The van der Waals surface area contributed by atoms with Crippen LogP contribution in [0, 0.1) is 11.7 Å². The number of carbonyl (C=O) groups excluding carboxylic acids is 1. The number of benzene rings is 1. The molecule has 3 nitrogen and oxygen atoms in total. The first-order valence-electron chi connectivity index (χ1n) is 6.38. The van der Waals surface area contributed by atoms with Crippen molar-refractivity contribution >= 4 is 11.8 Å². The van der Waals surface area contributed by atoms with E-state index in [1.807, 2.05) is 0 Å². The minimum absolute atomic E-state index is 0.000742. The van der Waals surface area contributed by atoms with Gasteiger partial charge in [-0.2, -0.15) is 0 Å². The zero-order valence-electron chi connectivity index (χ0n) is 10.5. The summed E-state index contributed by atoms with van der Waals surface area (Å²) in [5.74, 6) is 0.0903. The second-order valence-corrected chi connectivity index (χ2v) is 4.84. The molecule has 1 aliphatic rings. The van der Waals surface area contributed by atoms with Gasteiger partial charge in [0.25, 0.3) is 0 Å². The summed E-state index contributed by atoms with van der Waals surface area (Å²) in [5.41, 5.74) is 0.546. The van der Waals surface area contributed by atoms with Crippen LogP contribution < -0.4 is 5.32 Å². The molecule has 2 rings (SSSR count). The van der Waals surface area contributed by atoms with Crippen molar-refractivity contribution in [1.82, 2.24) is 0 Å². The number of ether oxygens (including phenoxy) is 1. The van der Waals surface area contributed by atoms with Crippen molar-refractivity contribution in [3.63, 3.8) is 0 Å². The molecule has 0 aliphatic heterocycles. The maximum Gasteiger partial charge on any atom is 0.411 e. The van der Waals surface area contributed by atoms with E-state index >= 15 is 0 Å². The minimum Gasteiger partial charge on any atom is -0.446 e. The molecule has 0 saturated heterocycles. The molecule has 1 fully saturated rings. The maximum atomic E-state index is 12.7. The molecule has 1 saturated carbocycles. The molecular formula is C14H18FNO2. The van der Waals surface area contributed by atoms with Crippen LogP contribution >= 0.6 is 0 Å². The molecule has 4 heteroatoms. The lowest BCUT2D eigenvalue weighted by molar-refractivity contribution is 0.0524. The van der Waals surface area contributed by atoms with E-state index in [0.717, 1.165) is 19.3 Å². The summed E-state index contributed by atoms with van der Waals surface area (Å²) < 4.78 is 18.1. The lowest BCUT2D eigenvalue weighted by Gasteiger charge is -2.28. The van der Waals surface area contributed by atoms with Gasteiger partial charge < -0.3 is 4.74 Å². The highest BCUT2D eigenvalue weighted by Crippen LogP contribution is 2.26. The highest BCUT2D eigenvalue weighted by molar-refractivity contribution is 5.84. The molecule has 0 aromatic heterocycles. The molecular weight excluding hydrogens is 233 g/mol. The van der Waals surface area contributed by atoms with E-state index in [1.54, 1.807) is 0 Å². The highest BCUT2D eigenvalue weighted by atomic mass is 19.1. The smallest absolute Gasteiger partial charge is 0.411 e. The zero-order chi connectivity index (χ0) is 13.0. The van der Waals surface area contributed by atoms with Gasteiger partial charge in [-0.3, -0.25) is 5.32 Å². The Hall–Kier alpha value is -1.58. The van der Waals surface area contributed by atoms with E-state index in [0.29, 0.717) is 11.6 Å². The van der Waals surface area contributed by atoms with Crippen LogP contribution in [-0.4, -0.2) is 12.2 Å². The first-order chi connectivity index (χ1) is 8.65. The van der Waals surface area contributed by atoms with Crippen molar-refractivity contribution in [2.45, 2.75) is 38.7 Å². The van der Waals surface area contributed by atoms with Crippen molar-refractivity contribution in [3.05, 3.63) is 30.1 Å². The van der Waals surface area contributed by atoms with Crippen LogP contribution in [0.5, 0.6) is 0 Å². The Bertz CT molecular complexity index is 405. The van der Waals surface area contributed by atoms with Crippen molar-refractivity contribution in [2.75, 3.05) is 5.32 Å². The molecule has 0 unspecified atom stereocenters. The number of anilines is 1. The Morgan fingerprint density at radius 2 is 1.94 bits per heavy atom. The SMILES string of the molecule is C[C@@H]1CCCC[C@@H]1OC(=O)Nc1ccc(F)cc1. The van der Waals surface area contributed by atoms with E-state index in [2.05, 4.69) is 12.2 Å². The predicted octanol–water partition coefficient (Wildman–Crippen LogP) is 3.95. The van der Waals surface area contributed by atoms with Crippen LogP contribution in [0.1, 0.15) is 32.6 Å². The summed E-state index contributed by atoms with van der Waals surface area (Å²) in [6, 6.07) is 5.64. The fraction of sp³-hybridized carbons (Fsp3) is 0.500. The van der Waals surface area contributed by atoms with Crippen molar-refractivity contribution in [2.24, 2.45) is 5.92 Å². The minimum atomic E-state index is -0.458. The number of carbonyl (C=O) groups is 1. The molecule has 2 atom stereocenters. The third-order valence-corrected chi connectivity index (χ3v) is 3.38. The Morgan fingerprint density at radius 1 is 1.28 bits per heavy atom. The number of hydrogen-bond donors (Lipinski definition) is 1. The van der Waals surface area contributed by atoms with E-state index in [-0.39, 0.29) is 11.9 Å². The van der Waals surface area contributed by atoms with Crippen LogP contribution in [0.2, 0.25) is 0 Å². The summed E-state index contributed by atoms with van der Waals surface area (Å²) >= 11 is 0. The second kappa shape index (κ2) is 5.85. The molecule has 98 valence electrons. The Morgan fingerprint density at radius 3 is 2.61 bits per heavy atom.